The predicted molar refractivity (Wildman–Crippen MR) is 112 cm³/mol. The van der Waals surface area contributed by atoms with Crippen molar-refractivity contribution in [1.82, 2.24) is 14.7 Å². The summed E-state index contributed by atoms with van der Waals surface area (Å²) in [5, 5.41) is 4.70. The van der Waals surface area contributed by atoms with Gasteiger partial charge in [-0.2, -0.15) is 5.10 Å². The van der Waals surface area contributed by atoms with Gasteiger partial charge >= 0.3 is 0 Å². The van der Waals surface area contributed by atoms with Crippen molar-refractivity contribution in [3.63, 3.8) is 0 Å². The van der Waals surface area contributed by atoms with Crippen molar-refractivity contribution in [1.29, 1.82) is 0 Å². The standard InChI is InChI=1S/C24H27N3/c1-2-26(19-20-10-5-3-6-11-20)17-16-21-12-9-15-24-23(21)18-25-27(24)22-13-7-4-8-14-22/h3-8,10-11,13-14,16,18H,2,9,12,15,17,19H2,1H3/b21-16-. The molecule has 0 atom stereocenters. The van der Waals surface area contributed by atoms with Crippen LogP contribution in [-0.4, -0.2) is 27.8 Å². The van der Waals surface area contributed by atoms with Gasteiger partial charge in [0.05, 0.1) is 17.6 Å². The molecule has 1 aromatic heterocycles. The molecule has 0 amide bonds. The number of aromatic nitrogens is 2. The molecular formula is C24H27N3. The third-order valence-corrected chi connectivity index (χ3v) is 5.37. The maximum absolute atomic E-state index is 4.70. The molecule has 3 heteroatoms. The molecule has 0 saturated carbocycles. The van der Waals surface area contributed by atoms with E-state index in [1.165, 1.54) is 28.8 Å². The zero-order valence-electron chi connectivity index (χ0n) is 16.0. The molecular weight excluding hydrogens is 330 g/mol. The Hall–Kier alpha value is -2.65. The van der Waals surface area contributed by atoms with Gasteiger partial charge in [-0.1, -0.05) is 61.5 Å². The number of para-hydroxylation sites is 1. The number of hydrogen-bond acceptors (Lipinski definition) is 2. The van der Waals surface area contributed by atoms with Crippen LogP contribution in [0.5, 0.6) is 0 Å². The van der Waals surface area contributed by atoms with Crippen LogP contribution in [0.2, 0.25) is 0 Å². The topological polar surface area (TPSA) is 21.1 Å². The van der Waals surface area contributed by atoms with Gasteiger partial charge in [-0.3, -0.25) is 4.90 Å². The van der Waals surface area contributed by atoms with Crippen molar-refractivity contribution in [2.24, 2.45) is 0 Å². The second-order valence-corrected chi connectivity index (χ2v) is 7.15. The maximum atomic E-state index is 4.70. The lowest BCUT2D eigenvalue weighted by Crippen LogP contribution is -2.23. The minimum atomic E-state index is 0.983. The van der Waals surface area contributed by atoms with Crippen LogP contribution >= 0.6 is 0 Å². The molecule has 1 aliphatic carbocycles. The molecule has 1 aliphatic rings. The highest BCUT2D eigenvalue weighted by atomic mass is 15.3. The first kappa shape index (κ1) is 17.7. The second kappa shape index (κ2) is 8.36. The number of allylic oxidation sites excluding steroid dienone is 1. The van der Waals surface area contributed by atoms with Crippen molar-refractivity contribution in [3.8, 4) is 5.69 Å². The Morgan fingerprint density at radius 3 is 2.48 bits per heavy atom. The molecule has 0 radical (unpaired) electrons. The van der Waals surface area contributed by atoms with Crippen LogP contribution in [0.3, 0.4) is 0 Å². The Balaban J connectivity index is 1.53. The molecule has 1 heterocycles. The van der Waals surface area contributed by atoms with Crippen molar-refractivity contribution < 1.29 is 0 Å². The maximum Gasteiger partial charge on any atom is 0.0649 e. The molecule has 2 aromatic carbocycles. The van der Waals surface area contributed by atoms with E-state index < -0.39 is 0 Å². The lowest BCUT2D eigenvalue weighted by Gasteiger charge is -2.21. The van der Waals surface area contributed by atoms with E-state index in [0.717, 1.165) is 38.2 Å². The molecule has 0 fully saturated rings. The van der Waals surface area contributed by atoms with Gasteiger partial charge in [0.25, 0.3) is 0 Å². The van der Waals surface area contributed by atoms with Crippen LogP contribution in [0, 0.1) is 0 Å². The van der Waals surface area contributed by atoms with E-state index in [-0.39, 0.29) is 0 Å². The van der Waals surface area contributed by atoms with Crippen LogP contribution < -0.4 is 0 Å². The summed E-state index contributed by atoms with van der Waals surface area (Å²) in [6, 6.07) is 21.2. The highest BCUT2D eigenvalue weighted by molar-refractivity contribution is 5.69. The summed E-state index contributed by atoms with van der Waals surface area (Å²) in [5.41, 5.74) is 6.66. The first-order valence-corrected chi connectivity index (χ1v) is 9.93. The summed E-state index contributed by atoms with van der Waals surface area (Å²) < 4.78 is 2.11. The zero-order chi connectivity index (χ0) is 18.5. The lowest BCUT2D eigenvalue weighted by atomic mass is 9.92. The van der Waals surface area contributed by atoms with Crippen LogP contribution in [-0.2, 0) is 13.0 Å². The molecule has 138 valence electrons. The minimum absolute atomic E-state index is 0.983. The SMILES string of the molecule is CCN(C/C=C1/CCCc2c1cnn2-c1ccccc1)Cc1ccccc1. The fraction of sp³-hybridized carbons (Fsp3) is 0.292. The summed E-state index contributed by atoms with van der Waals surface area (Å²) in [6.07, 6.45) is 7.92. The minimum Gasteiger partial charge on any atom is -0.296 e. The number of nitrogens with zero attached hydrogens (tertiary/aromatic N) is 3. The number of likely N-dealkylation sites (N-methyl/N-ethyl adjacent to an activating group) is 1. The van der Waals surface area contributed by atoms with Gasteiger partial charge in [0.1, 0.15) is 0 Å². The molecule has 27 heavy (non-hydrogen) atoms. The second-order valence-electron chi connectivity index (χ2n) is 7.15. The third-order valence-electron chi connectivity index (χ3n) is 5.37. The fourth-order valence-corrected chi connectivity index (χ4v) is 3.85. The molecule has 4 rings (SSSR count). The predicted octanol–water partition coefficient (Wildman–Crippen LogP) is 5.11. The fourth-order valence-electron chi connectivity index (χ4n) is 3.85. The first-order chi connectivity index (χ1) is 13.3. The van der Waals surface area contributed by atoms with Gasteiger partial charge in [-0.25, -0.2) is 4.68 Å². The van der Waals surface area contributed by atoms with Crippen LogP contribution in [0.15, 0.2) is 72.9 Å². The monoisotopic (exact) mass is 357 g/mol. The lowest BCUT2D eigenvalue weighted by molar-refractivity contribution is 0.311. The molecule has 0 unspecified atom stereocenters. The van der Waals surface area contributed by atoms with Gasteiger partial charge in [0.15, 0.2) is 0 Å². The Kier molecular flexibility index (Phi) is 5.50. The zero-order valence-corrected chi connectivity index (χ0v) is 16.0. The van der Waals surface area contributed by atoms with E-state index in [1.54, 1.807) is 0 Å². The van der Waals surface area contributed by atoms with Crippen LogP contribution in [0.1, 0.15) is 36.6 Å². The van der Waals surface area contributed by atoms with E-state index in [4.69, 9.17) is 5.10 Å². The van der Waals surface area contributed by atoms with Gasteiger partial charge in [-0.05, 0) is 49.1 Å². The Bertz CT molecular complexity index is 894. The summed E-state index contributed by atoms with van der Waals surface area (Å²) >= 11 is 0. The van der Waals surface area contributed by atoms with Crippen LogP contribution in [0.4, 0.5) is 0 Å². The van der Waals surface area contributed by atoms with Crippen molar-refractivity contribution >= 4 is 5.57 Å². The van der Waals surface area contributed by atoms with E-state index >= 15 is 0 Å². The summed E-state index contributed by atoms with van der Waals surface area (Å²) in [6.45, 7) is 5.27. The smallest absolute Gasteiger partial charge is 0.0649 e. The molecule has 0 spiro atoms. The molecule has 3 aromatic rings. The van der Waals surface area contributed by atoms with Gasteiger partial charge in [0, 0.05) is 18.7 Å². The van der Waals surface area contributed by atoms with E-state index in [1.807, 2.05) is 0 Å². The van der Waals surface area contributed by atoms with E-state index in [2.05, 4.69) is 89.4 Å². The third kappa shape index (κ3) is 4.04. The van der Waals surface area contributed by atoms with Crippen molar-refractivity contribution in [2.45, 2.75) is 32.7 Å². The summed E-state index contributed by atoms with van der Waals surface area (Å²) in [7, 11) is 0. The average Bonchev–Trinajstić information content (AvgIpc) is 3.17. The normalized spacial score (nSPS) is 15.3. The van der Waals surface area contributed by atoms with E-state index in [9.17, 15) is 0 Å². The van der Waals surface area contributed by atoms with Crippen molar-refractivity contribution in [2.75, 3.05) is 13.1 Å². The molecule has 0 saturated heterocycles. The number of fused-ring (bicyclic) bond motifs is 1. The number of hydrogen-bond donors (Lipinski definition) is 0. The Morgan fingerprint density at radius 1 is 1.00 bits per heavy atom. The Labute approximate surface area is 162 Å². The number of rotatable bonds is 6. The molecule has 0 aliphatic heterocycles. The van der Waals surface area contributed by atoms with Gasteiger partial charge < -0.3 is 0 Å². The summed E-state index contributed by atoms with van der Waals surface area (Å²) in [5.74, 6) is 0. The summed E-state index contributed by atoms with van der Waals surface area (Å²) in [4.78, 5) is 2.48. The largest absolute Gasteiger partial charge is 0.296 e. The first-order valence-electron chi connectivity index (χ1n) is 9.93. The van der Waals surface area contributed by atoms with Crippen LogP contribution in [0.25, 0.3) is 11.3 Å². The average molecular weight is 358 g/mol. The number of benzene rings is 2. The Morgan fingerprint density at radius 2 is 1.74 bits per heavy atom. The van der Waals surface area contributed by atoms with Gasteiger partial charge in [0.2, 0.25) is 0 Å². The molecule has 0 N–H and O–H groups in total. The quantitative estimate of drug-likeness (QED) is 0.611. The van der Waals surface area contributed by atoms with E-state index in [0.29, 0.717) is 0 Å². The van der Waals surface area contributed by atoms with Crippen molar-refractivity contribution in [3.05, 3.63) is 89.8 Å². The molecule has 3 nitrogen and oxygen atoms in total. The highest BCUT2D eigenvalue weighted by Gasteiger charge is 2.20. The highest BCUT2D eigenvalue weighted by Crippen LogP contribution is 2.32. The van der Waals surface area contributed by atoms with Gasteiger partial charge in [-0.15, -0.1) is 0 Å². The molecule has 0 bridgehead atoms.